The SMILES string of the molecule is CC(C)(O)c1ccc(N2CCN(c3nc(C(N)=O)ccc3F)CC2)cc1.OC12CC3CC(CC(C3)C1)C2. The molecule has 5 aliphatic rings. The molecule has 0 spiro atoms. The predicted octanol–water partition coefficient (Wildman–Crippen LogP) is 3.82. The van der Waals surface area contributed by atoms with Crippen LogP contribution in [0.5, 0.6) is 0 Å². The molecule has 1 aliphatic heterocycles. The van der Waals surface area contributed by atoms with E-state index in [0.717, 1.165) is 48.3 Å². The van der Waals surface area contributed by atoms with Crippen molar-refractivity contribution in [2.45, 2.75) is 63.6 Å². The largest absolute Gasteiger partial charge is 0.390 e. The molecule has 2 heterocycles. The van der Waals surface area contributed by atoms with Gasteiger partial charge in [0.2, 0.25) is 0 Å². The number of piperazine rings is 1. The van der Waals surface area contributed by atoms with Crippen LogP contribution in [0.25, 0.3) is 0 Å². The van der Waals surface area contributed by atoms with Gasteiger partial charge in [-0.15, -0.1) is 0 Å². The average molecular weight is 511 g/mol. The molecule has 1 saturated heterocycles. The van der Waals surface area contributed by atoms with Crippen LogP contribution < -0.4 is 15.5 Å². The molecule has 2 aromatic rings. The van der Waals surface area contributed by atoms with Gasteiger partial charge < -0.3 is 25.7 Å². The summed E-state index contributed by atoms with van der Waals surface area (Å²) < 4.78 is 14.1. The van der Waals surface area contributed by atoms with Crippen molar-refractivity contribution in [3.8, 4) is 0 Å². The first-order valence-electron chi connectivity index (χ1n) is 13.5. The van der Waals surface area contributed by atoms with Gasteiger partial charge in [0.15, 0.2) is 11.6 Å². The molecule has 0 atom stereocenters. The van der Waals surface area contributed by atoms with Crippen LogP contribution >= 0.6 is 0 Å². The third-order valence-electron chi connectivity index (χ3n) is 8.60. The number of primary amides is 1. The summed E-state index contributed by atoms with van der Waals surface area (Å²) in [6.07, 6.45) is 7.66. The highest BCUT2D eigenvalue weighted by molar-refractivity contribution is 5.91. The van der Waals surface area contributed by atoms with Crippen LogP contribution in [0.1, 0.15) is 68.4 Å². The summed E-state index contributed by atoms with van der Waals surface area (Å²) >= 11 is 0. The molecule has 7 nitrogen and oxygen atoms in total. The van der Waals surface area contributed by atoms with E-state index < -0.39 is 17.3 Å². The minimum absolute atomic E-state index is 0.0611. The number of halogens is 1. The Balaban J connectivity index is 0.000000208. The summed E-state index contributed by atoms with van der Waals surface area (Å²) in [6.45, 7) is 6.07. The summed E-state index contributed by atoms with van der Waals surface area (Å²) in [6, 6.07) is 10.3. The highest BCUT2D eigenvalue weighted by atomic mass is 19.1. The van der Waals surface area contributed by atoms with Crippen LogP contribution in [-0.4, -0.2) is 52.9 Å². The van der Waals surface area contributed by atoms with E-state index in [1.165, 1.54) is 31.4 Å². The number of hydrogen-bond acceptors (Lipinski definition) is 6. The van der Waals surface area contributed by atoms with Crippen molar-refractivity contribution in [2.24, 2.45) is 23.5 Å². The second-order valence-corrected chi connectivity index (χ2v) is 12.1. The number of aromatic nitrogens is 1. The lowest BCUT2D eigenvalue weighted by Gasteiger charge is -2.54. The van der Waals surface area contributed by atoms with Gasteiger partial charge in [-0.25, -0.2) is 9.37 Å². The zero-order valence-electron chi connectivity index (χ0n) is 21.9. The van der Waals surface area contributed by atoms with Crippen LogP contribution in [0.2, 0.25) is 0 Å². The molecule has 8 heteroatoms. The van der Waals surface area contributed by atoms with Gasteiger partial charge in [0.05, 0.1) is 11.2 Å². The van der Waals surface area contributed by atoms with Crippen molar-refractivity contribution in [3.05, 3.63) is 53.5 Å². The van der Waals surface area contributed by atoms with E-state index in [1.54, 1.807) is 13.8 Å². The smallest absolute Gasteiger partial charge is 0.267 e. The van der Waals surface area contributed by atoms with Gasteiger partial charge in [-0.2, -0.15) is 0 Å². The van der Waals surface area contributed by atoms with E-state index in [9.17, 15) is 19.4 Å². The number of anilines is 2. The summed E-state index contributed by atoms with van der Waals surface area (Å²) in [7, 11) is 0. The number of aliphatic hydroxyl groups is 2. The Labute approximate surface area is 218 Å². The Morgan fingerprint density at radius 1 is 0.946 bits per heavy atom. The number of carbonyl (C=O) groups excluding carboxylic acids is 1. The molecule has 200 valence electrons. The van der Waals surface area contributed by atoms with E-state index in [1.807, 2.05) is 29.2 Å². The van der Waals surface area contributed by atoms with E-state index in [-0.39, 0.29) is 17.1 Å². The second kappa shape index (κ2) is 9.87. The molecule has 4 N–H and O–H groups in total. The fourth-order valence-corrected chi connectivity index (χ4v) is 7.11. The topological polar surface area (TPSA) is 103 Å². The quantitative estimate of drug-likeness (QED) is 0.578. The van der Waals surface area contributed by atoms with Gasteiger partial charge in [-0.1, -0.05) is 12.1 Å². The molecule has 4 aliphatic carbocycles. The van der Waals surface area contributed by atoms with Gasteiger partial charge in [0, 0.05) is 31.9 Å². The second-order valence-electron chi connectivity index (χ2n) is 12.1. The third kappa shape index (κ3) is 5.75. The first-order chi connectivity index (χ1) is 17.5. The minimum atomic E-state index is -0.869. The first-order valence-corrected chi connectivity index (χ1v) is 13.5. The highest BCUT2D eigenvalue weighted by Gasteiger charge is 2.49. The zero-order chi connectivity index (χ0) is 26.4. The number of amides is 1. The van der Waals surface area contributed by atoms with Crippen LogP contribution in [0, 0.1) is 23.6 Å². The lowest BCUT2D eigenvalue weighted by Crippen LogP contribution is -2.50. The van der Waals surface area contributed by atoms with Crippen molar-refractivity contribution in [3.63, 3.8) is 0 Å². The number of carbonyl (C=O) groups is 1. The van der Waals surface area contributed by atoms with Gasteiger partial charge in [0.1, 0.15) is 5.69 Å². The Hall–Kier alpha value is -2.71. The summed E-state index contributed by atoms with van der Waals surface area (Å²) in [4.78, 5) is 19.4. The van der Waals surface area contributed by atoms with E-state index in [0.29, 0.717) is 26.2 Å². The molecule has 7 rings (SSSR count). The maximum Gasteiger partial charge on any atom is 0.267 e. The van der Waals surface area contributed by atoms with E-state index in [4.69, 9.17) is 5.73 Å². The molecule has 1 aromatic carbocycles. The lowest BCUT2D eigenvalue weighted by atomic mass is 9.54. The summed E-state index contributed by atoms with van der Waals surface area (Å²) in [5, 5.41) is 20.1. The minimum Gasteiger partial charge on any atom is -0.390 e. The van der Waals surface area contributed by atoms with Crippen molar-refractivity contribution < 1.29 is 19.4 Å². The van der Waals surface area contributed by atoms with E-state index >= 15 is 0 Å². The third-order valence-corrected chi connectivity index (χ3v) is 8.60. The molecule has 1 aromatic heterocycles. The van der Waals surface area contributed by atoms with Crippen molar-refractivity contribution in [1.29, 1.82) is 0 Å². The fourth-order valence-electron chi connectivity index (χ4n) is 7.11. The summed E-state index contributed by atoms with van der Waals surface area (Å²) in [5.41, 5.74) is 6.14. The number of benzene rings is 1. The van der Waals surface area contributed by atoms with Crippen LogP contribution in [0.4, 0.5) is 15.9 Å². The van der Waals surface area contributed by atoms with Gasteiger partial charge in [-0.05, 0) is 100.0 Å². The molecular formula is C29H39FN4O3. The fraction of sp³-hybridized carbons (Fsp3) is 0.586. The Morgan fingerprint density at radius 3 is 1.92 bits per heavy atom. The van der Waals surface area contributed by atoms with Crippen LogP contribution in [-0.2, 0) is 5.60 Å². The predicted molar refractivity (Wildman–Crippen MR) is 142 cm³/mol. The van der Waals surface area contributed by atoms with Crippen molar-refractivity contribution in [1.82, 2.24) is 4.98 Å². The number of hydrogen-bond donors (Lipinski definition) is 3. The number of nitrogens with two attached hydrogens (primary N) is 1. The number of pyridine rings is 1. The molecule has 1 amide bonds. The van der Waals surface area contributed by atoms with E-state index in [2.05, 4.69) is 9.88 Å². The Bertz CT molecular complexity index is 1090. The van der Waals surface area contributed by atoms with Crippen molar-refractivity contribution in [2.75, 3.05) is 36.0 Å². The normalized spacial score (nSPS) is 28.6. The monoisotopic (exact) mass is 510 g/mol. The molecule has 0 radical (unpaired) electrons. The van der Waals surface area contributed by atoms with Gasteiger partial charge >= 0.3 is 0 Å². The van der Waals surface area contributed by atoms with Crippen molar-refractivity contribution >= 4 is 17.4 Å². The van der Waals surface area contributed by atoms with Gasteiger partial charge in [-0.3, -0.25) is 4.79 Å². The first kappa shape index (κ1) is 25.9. The van der Waals surface area contributed by atoms with Crippen LogP contribution in [0.15, 0.2) is 36.4 Å². The zero-order valence-corrected chi connectivity index (χ0v) is 21.9. The lowest BCUT2D eigenvalue weighted by molar-refractivity contribution is -0.124. The summed E-state index contributed by atoms with van der Waals surface area (Å²) in [5.74, 6) is 1.72. The molecule has 5 fully saturated rings. The highest BCUT2D eigenvalue weighted by Crippen LogP contribution is 2.55. The Kier molecular flexibility index (Phi) is 6.92. The number of nitrogens with zero attached hydrogens (tertiary/aromatic N) is 3. The number of rotatable bonds is 4. The standard InChI is InChI=1S/C19H23FN4O2.C10H16O/c1-19(2,26)13-3-5-14(6-4-13)23-9-11-24(12-10-23)18-15(20)7-8-16(22-18)17(21)25;11-10-4-7-1-8(5-10)3-9(2-7)6-10/h3-8,26H,9-12H2,1-2H3,(H2,21,25);7-9,11H,1-6H2. The molecule has 4 saturated carbocycles. The van der Waals surface area contributed by atoms with Crippen LogP contribution in [0.3, 0.4) is 0 Å². The molecular weight excluding hydrogens is 471 g/mol. The molecule has 37 heavy (non-hydrogen) atoms. The maximum absolute atomic E-state index is 14.1. The average Bonchev–Trinajstić information content (AvgIpc) is 2.83. The molecule has 0 unspecified atom stereocenters. The van der Waals surface area contributed by atoms with Gasteiger partial charge in [0.25, 0.3) is 5.91 Å². The Morgan fingerprint density at radius 2 is 1.46 bits per heavy atom. The molecule has 4 bridgehead atoms. The maximum atomic E-state index is 14.1.